The van der Waals surface area contributed by atoms with E-state index in [4.69, 9.17) is 0 Å². The molecule has 2 aliphatic heterocycles. The lowest BCUT2D eigenvalue weighted by atomic mass is 9.69. The van der Waals surface area contributed by atoms with Gasteiger partial charge in [-0.15, -0.1) is 6.58 Å². The number of hydrogen-bond acceptors (Lipinski definition) is 2. The molecule has 0 aromatic heterocycles. The van der Waals surface area contributed by atoms with Crippen LogP contribution in [0.3, 0.4) is 0 Å². The van der Waals surface area contributed by atoms with E-state index < -0.39 is 0 Å². The van der Waals surface area contributed by atoms with Crippen LogP contribution in [-0.4, -0.2) is 29.3 Å². The third kappa shape index (κ3) is 1.48. The van der Waals surface area contributed by atoms with Gasteiger partial charge in [-0.25, -0.2) is 0 Å². The van der Waals surface area contributed by atoms with Crippen LogP contribution in [0.4, 0.5) is 0 Å². The lowest BCUT2D eigenvalue weighted by Gasteiger charge is -2.40. The van der Waals surface area contributed by atoms with Crippen LogP contribution >= 0.6 is 0 Å². The molecule has 1 saturated carbocycles. The van der Waals surface area contributed by atoms with Crippen LogP contribution in [0.15, 0.2) is 43.0 Å². The SMILES string of the molecule is C=CCN1CC2CC1(C(=O)c1ccccc1)C2. The first-order valence-corrected chi connectivity index (χ1v) is 6.22. The molecule has 2 bridgehead atoms. The predicted octanol–water partition coefficient (Wildman–Crippen LogP) is 2.52. The van der Waals surface area contributed by atoms with Crippen molar-refractivity contribution >= 4 is 5.78 Å². The van der Waals surface area contributed by atoms with Gasteiger partial charge in [-0.1, -0.05) is 36.4 Å². The summed E-state index contributed by atoms with van der Waals surface area (Å²) in [6, 6.07) is 9.68. The van der Waals surface area contributed by atoms with Crippen LogP contribution in [0.5, 0.6) is 0 Å². The molecule has 2 heteroatoms. The van der Waals surface area contributed by atoms with Gasteiger partial charge in [0, 0.05) is 18.7 Å². The second-order valence-electron chi connectivity index (χ2n) is 5.19. The van der Waals surface area contributed by atoms with Crippen LogP contribution in [0.25, 0.3) is 0 Å². The maximum atomic E-state index is 12.6. The van der Waals surface area contributed by atoms with Gasteiger partial charge in [0.25, 0.3) is 0 Å². The Morgan fingerprint density at radius 1 is 1.41 bits per heavy atom. The first-order chi connectivity index (χ1) is 8.26. The van der Waals surface area contributed by atoms with E-state index in [-0.39, 0.29) is 5.54 Å². The summed E-state index contributed by atoms with van der Waals surface area (Å²) in [4.78, 5) is 14.9. The Bertz CT molecular complexity index is 445. The lowest BCUT2D eigenvalue weighted by molar-refractivity contribution is 0.0600. The van der Waals surface area contributed by atoms with Gasteiger partial charge in [0.15, 0.2) is 5.78 Å². The highest BCUT2D eigenvalue weighted by Crippen LogP contribution is 2.51. The summed E-state index contributed by atoms with van der Waals surface area (Å²) in [5.74, 6) is 1.02. The van der Waals surface area contributed by atoms with Crippen molar-refractivity contribution in [2.75, 3.05) is 13.1 Å². The molecule has 0 N–H and O–H groups in total. The van der Waals surface area contributed by atoms with E-state index in [9.17, 15) is 4.79 Å². The van der Waals surface area contributed by atoms with E-state index in [2.05, 4.69) is 11.5 Å². The van der Waals surface area contributed by atoms with Crippen molar-refractivity contribution in [1.29, 1.82) is 0 Å². The van der Waals surface area contributed by atoms with Crippen LogP contribution < -0.4 is 0 Å². The Morgan fingerprint density at radius 2 is 2.12 bits per heavy atom. The Balaban J connectivity index is 1.89. The number of ketones is 1. The van der Waals surface area contributed by atoms with Crippen molar-refractivity contribution < 1.29 is 4.79 Å². The number of rotatable bonds is 4. The number of Topliss-reactive ketones (excluding diaryl/α,β-unsaturated/α-hetero) is 1. The average molecular weight is 227 g/mol. The molecule has 88 valence electrons. The molecule has 3 aliphatic rings. The van der Waals surface area contributed by atoms with Gasteiger partial charge in [0.1, 0.15) is 0 Å². The average Bonchev–Trinajstić information content (AvgIpc) is 2.84. The number of hydrogen-bond donors (Lipinski definition) is 0. The predicted molar refractivity (Wildman–Crippen MR) is 68.0 cm³/mol. The highest BCUT2D eigenvalue weighted by atomic mass is 16.1. The van der Waals surface area contributed by atoms with Crippen LogP contribution in [-0.2, 0) is 0 Å². The highest BCUT2D eigenvalue weighted by Gasteiger charge is 2.59. The monoisotopic (exact) mass is 227 g/mol. The van der Waals surface area contributed by atoms with Crippen LogP contribution in [0.2, 0.25) is 0 Å². The number of nitrogens with zero attached hydrogens (tertiary/aromatic N) is 1. The number of carbonyl (C=O) groups excluding carboxylic acids is 1. The summed E-state index contributed by atoms with van der Waals surface area (Å²) in [5.41, 5.74) is 0.641. The summed E-state index contributed by atoms with van der Waals surface area (Å²) in [6.45, 7) is 5.68. The van der Waals surface area contributed by atoms with Crippen LogP contribution in [0, 0.1) is 5.92 Å². The molecule has 0 amide bonds. The minimum atomic E-state index is -0.208. The molecule has 0 unspecified atom stereocenters. The molecule has 1 aromatic rings. The number of benzene rings is 1. The molecule has 2 heterocycles. The van der Waals surface area contributed by atoms with Crippen molar-refractivity contribution in [3.8, 4) is 0 Å². The summed E-state index contributed by atoms with van der Waals surface area (Å²) >= 11 is 0. The second kappa shape index (κ2) is 3.81. The summed E-state index contributed by atoms with van der Waals surface area (Å²) in [7, 11) is 0. The highest BCUT2D eigenvalue weighted by molar-refractivity contribution is 6.04. The summed E-state index contributed by atoms with van der Waals surface area (Å²) in [6.07, 6.45) is 3.98. The molecule has 2 saturated heterocycles. The van der Waals surface area contributed by atoms with E-state index in [0.29, 0.717) is 5.78 Å². The van der Waals surface area contributed by atoms with E-state index in [0.717, 1.165) is 37.4 Å². The molecule has 1 aliphatic carbocycles. The standard InChI is InChI=1S/C15H17NO/c1-2-8-16-11-12-9-15(16,10-12)14(17)13-6-4-3-5-7-13/h2-7,12H,1,8-11H2. The topological polar surface area (TPSA) is 20.3 Å². The molecule has 2 nitrogen and oxygen atoms in total. The first kappa shape index (κ1) is 10.7. The van der Waals surface area contributed by atoms with Crippen molar-refractivity contribution in [2.45, 2.75) is 18.4 Å². The first-order valence-electron chi connectivity index (χ1n) is 6.22. The fourth-order valence-corrected chi connectivity index (χ4v) is 3.36. The molecule has 0 radical (unpaired) electrons. The Hall–Kier alpha value is -1.41. The van der Waals surface area contributed by atoms with Gasteiger partial charge in [0.2, 0.25) is 0 Å². The van der Waals surface area contributed by atoms with Gasteiger partial charge >= 0.3 is 0 Å². The van der Waals surface area contributed by atoms with E-state index >= 15 is 0 Å². The van der Waals surface area contributed by atoms with Gasteiger partial charge in [-0.3, -0.25) is 9.69 Å². The molecule has 3 fully saturated rings. The van der Waals surface area contributed by atoms with E-state index in [1.165, 1.54) is 0 Å². The normalized spacial score (nSPS) is 30.9. The molecule has 17 heavy (non-hydrogen) atoms. The molecule has 0 spiro atoms. The van der Waals surface area contributed by atoms with Crippen LogP contribution in [0.1, 0.15) is 23.2 Å². The Morgan fingerprint density at radius 3 is 2.76 bits per heavy atom. The molecule has 4 rings (SSSR count). The minimum absolute atomic E-state index is 0.208. The summed E-state index contributed by atoms with van der Waals surface area (Å²) < 4.78 is 0. The second-order valence-corrected chi connectivity index (χ2v) is 5.19. The molecular formula is C15H17NO. The maximum Gasteiger partial charge on any atom is 0.183 e. The third-order valence-corrected chi connectivity index (χ3v) is 4.14. The zero-order valence-corrected chi connectivity index (χ0v) is 9.93. The van der Waals surface area contributed by atoms with E-state index in [1.54, 1.807) is 0 Å². The molecular weight excluding hydrogens is 210 g/mol. The van der Waals surface area contributed by atoms with Gasteiger partial charge in [-0.05, 0) is 18.8 Å². The molecule has 1 aromatic carbocycles. The third-order valence-electron chi connectivity index (χ3n) is 4.14. The van der Waals surface area contributed by atoms with Crippen molar-refractivity contribution in [3.63, 3.8) is 0 Å². The zero-order chi connectivity index (χ0) is 11.9. The zero-order valence-electron chi connectivity index (χ0n) is 9.93. The lowest BCUT2D eigenvalue weighted by Crippen LogP contribution is -2.52. The summed E-state index contributed by atoms with van der Waals surface area (Å²) in [5, 5.41) is 0. The van der Waals surface area contributed by atoms with Crippen molar-refractivity contribution in [3.05, 3.63) is 48.6 Å². The Kier molecular flexibility index (Phi) is 2.40. The Labute approximate surface area is 102 Å². The fourth-order valence-electron chi connectivity index (χ4n) is 3.36. The number of fused-ring (bicyclic) bond motifs is 1. The maximum absolute atomic E-state index is 12.6. The quantitative estimate of drug-likeness (QED) is 0.582. The van der Waals surface area contributed by atoms with Gasteiger partial charge in [-0.2, -0.15) is 0 Å². The van der Waals surface area contributed by atoms with Crippen molar-refractivity contribution in [1.82, 2.24) is 4.90 Å². The smallest absolute Gasteiger partial charge is 0.183 e. The van der Waals surface area contributed by atoms with Gasteiger partial charge in [0.05, 0.1) is 5.54 Å². The number of carbonyl (C=O) groups is 1. The van der Waals surface area contributed by atoms with Gasteiger partial charge < -0.3 is 0 Å². The van der Waals surface area contributed by atoms with Crippen molar-refractivity contribution in [2.24, 2.45) is 5.92 Å². The minimum Gasteiger partial charge on any atom is -0.292 e. The fraction of sp³-hybridized carbons (Fsp3) is 0.400. The largest absolute Gasteiger partial charge is 0.292 e. The molecule has 0 atom stereocenters. The van der Waals surface area contributed by atoms with E-state index in [1.807, 2.05) is 36.4 Å².